The van der Waals surface area contributed by atoms with Gasteiger partial charge in [-0.25, -0.2) is 4.57 Å². The van der Waals surface area contributed by atoms with Gasteiger partial charge in [-0.3, -0.25) is 9.05 Å². The summed E-state index contributed by atoms with van der Waals surface area (Å²) in [4.78, 5) is 9.86. The highest BCUT2D eigenvalue weighted by Crippen LogP contribution is 2.43. The lowest BCUT2D eigenvalue weighted by Gasteiger charge is -2.12. The maximum absolute atomic E-state index is 12.0. The lowest BCUT2D eigenvalue weighted by atomic mass is 10.1. The Bertz CT molecular complexity index is 556. The van der Waals surface area contributed by atoms with E-state index in [1.807, 2.05) is 0 Å². The van der Waals surface area contributed by atoms with Crippen LogP contribution in [-0.2, 0) is 13.6 Å². The van der Waals surface area contributed by atoms with Crippen LogP contribution in [0.25, 0.3) is 0 Å². The van der Waals surface area contributed by atoms with Crippen molar-refractivity contribution in [2.45, 2.75) is 194 Å². The van der Waals surface area contributed by atoms with Crippen LogP contribution >= 0.6 is 7.82 Å². The molecule has 4 nitrogen and oxygen atoms in total. The predicted octanol–water partition coefficient (Wildman–Crippen LogP) is 13.2. The van der Waals surface area contributed by atoms with Crippen molar-refractivity contribution in [3.63, 3.8) is 0 Å². The van der Waals surface area contributed by atoms with E-state index in [9.17, 15) is 9.46 Å². The van der Waals surface area contributed by atoms with E-state index in [1.165, 1.54) is 141 Å². The molecule has 0 aliphatic heterocycles. The van der Waals surface area contributed by atoms with E-state index in [1.54, 1.807) is 0 Å². The maximum Gasteiger partial charge on any atom is 0.472 e. The van der Waals surface area contributed by atoms with Gasteiger partial charge in [-0.2, -0.15) is 0 Å². The molecular weight excluding hydrogens is 527 g/mol. The van der Waals surface area contributed by atoms with Gasteiger partial charge < -0.3 is 4.89 Å². The Morgan fingerprint density at radius 1 is 0.415 bits per heavy atom. The minimum absolute atomic E-state index is 0.308. The zero-order valence-corrected chi connectivity index (χ0v) is 28.5. The first kappa shape index (κ1) is 40.6. The number of rotatable bonds is 34. The first-order valence-electron chi connectivity index (χ1n) is 18.0. The van der Waals surface area contributed by atoms with Crippen molar-refractivity contribution >= 4 is 7.82 Å². The fourth-order valence-electron chi connectivity index (χ4n) is 5.10. The highest BCUT2D eigenvalue weighted by atomic mass is 31.2. The Labute approximate surface area is 257 Å². The molecule has 0 saturated heterocycles. The average Bonchev–Trinajstić information content (AvgIpc) is 2.96. The molecule has 0 saturated carbocycles. The van der Waals surface area contributed by atoms with Gasteiger partial charge in [0.2, 0.25) is 0 Å². The standard InChI is InChI=1S/C36H71O4P/c1-3-5-7-9-11-13-15-17-19-21-23-25-27-29-31-33-35-39-41(37,38)40-36-34-32-30-28-26-24-22-20-18-16-14-12-10-8-6-4-2/h17-20H,3-16,21-36H2,1-2H3,(H,37,38). The highest BCUT2D eigenvalue weighted by Gasteiger charge is 2.19. The summed E-state index contributed by atoms with van der Waals surface area (Å²) >= 11 is 0. The van der Waals surface area contributed by atoms with E-state index in [-0.39, 0.29) is 0 Å². The zero-order valence-electron chi connectivity index (χ0n) is 27.6. The second kappa shape index (κ2) is 34.1. The molecule has 0 rings (SSSR count). The van der Waals surface area contributed by atoms with E-state index in [0.717, 1.165) is 38.5 Å². The third kappa shape index (κ3) is 35.7. The third-order valence-corrected chi connectivity index (χ3v) is 8.84. The van der Waals surface area contributed by atoms with E-state index in [4.69, 9.17) is 9.05 Å². The second-order valence-electron chi connectivity index (χ2n) is 12.0. The van der Waals surface area contributed by atoms with Crippen molar-refractivity contribution in [2.75, 3.05) is 13.2 Å². The summed E-state index contributed by atoms with van der Waals surface area (Å²) < 4.78 is 22.3. The maximum atomic E-state index is 12.0. The SMILES string of the molecule is CCCCCCCCC=CCCCCCCCCOP(=O)(O)OCCCCCCCCC=CCCCCCCCC. The van der Waals surface area contributed by atoms with Crippen molar-refractivity contribution in [1.29, 1.82) is 0 Å². The summed E-state index contributed by atoms with van der Waals surface area (Å²) in [5, 5.41) is 0. The molecule has 0 unspecified atom stereocenters. The van der Waals surface area contributed by atoms with Crippen LogP contribution in [0.15, 0.2) is 24.3 Å². The lowest BCUT2D eigenvalue weighted by molar-refractivity contribution is 0.145. The minimum Gasteiger partial charge on any atom is -0.302 e. The van der Waals surface area contributed by atoms with Gasteiger partial charge in [-0.05, 0) is 64.2 Å². The number of hydrogen-bond acceptors (Lipinski definition) is 3. The Balaban J connectivity index is 3.35. The summed E-state index contributed by atoms with van der Waals surface area (Å²) in [5.41, 5.74) is 0. The van der Waals surface area contributed by atoms with Crippen molar-refractivity contribution < 1.29 is 18.5 Å². The van der Waals surface area contributed by atoms with Crippen molar-refractivity contribution in [1.82, 2.24) is 0 Å². The van der Waals surface area contributed by atoms with Gasteiger partial charge in [0, 0.05) is 0 Å². The average molecular weight is 599 g/mol. The fourth-order valence-corrected chi connectivity index (χ4v) is 5.89. The smallest absolute Gasteiger partial charge is 0.302 e. The van der Waals surface area contributed by atoms with Crippen LogP contribution in [0, 0.1) is 0 Å². The molecule has 0 amide bonds. The fraction of sp³-hybridized carbons (Fsp3) is 0.889. The number of phosphoric acid groups is 1. The van der Waals surface area contributed by atoms with Gasteiger partial charge in [0.1, 0.15) is 0 Å². The van der Waals surface area contributed by atoms with Crippen LogP contribution in [0.5, 0.6) is 0 Å². The number of hydrogen-bond donors (Lipinski definition) is 1. The molecule has 0 aliphatic carbocycles. The molecule has 41 heavy (non-hydrogen) atoms. The van der Waals surface area contributed by atoms with E-state index >= 15 is 0 Å². The first-order valence-corrected chi connectivity index (χ1v) is 19.5. The van der Waals surface area contributed by atoms with Gasteiger partial charge in [0.05, 0.1) is 13.2 Å². The molecule has 0 fully saturated rings. The molecule has 0 aliphatic rings. The topological polar surface area (TPSA) is 55.8 Å². The Hall–Kier alpha value is -0.410. The van der Waals surface area contributed by atoms with Crippen LogP contribution in [0.4, 0.5) is 0 Å². The van der Waals surface area contributed by atoms with Crippen LogP contribution < -0.4 is 0 Å². The second-order valence-corrected chi connectivity index (χ2v) is 13.5. The van der Waals surface area contributed by atoms with Gasteiger partial charge >= 0.3 is 7.82 Å². The van der Waals surface area contributed by atoms with Gasteiger partial charge in [0.25, 0.3) is 0 Å². The van der Waals surface area contributed by atoms with E-state index in [2.05, 4.69) is 38.2 Å². The monoisotopic (exact) mass is 599 g/mol. The zero-order chi connectivity index (χ0) is 30.0. The molecule has 1 N–H and O–H groups in total. The Kier molecular flexibility index (Phi) is 33.7. The Morgan fingerprint density at radius 2 is 0.659 bits per heavy atom. The summed E-state index contributed by atoms with van der Waals surface area (Å²) in [6, 6.07) is 0. The molecular formula is C36H71O4P. The van der Waals surface area contributed by atoms with Crippen LogP contribution in [0.2, 0.25) is 0 Å². The molecule has 0 heterocycles. The molecule has 0 aromatic rings. The molecule has 0 radical (unpaired) electrons. The highest BCUT2D eigenvalue weighted by molar-refractivity contribution is 7.47. The summed E-state index contributed by atoms with van der Waals surface area (Å²) in [6.45, 7) is 5.15. The molecule has 0 aromatic carbocycles. The number of unbranched alkanes of at least 4 members (excludes halogenated alkanes) is 24. The first-order chi connectivity index (χ1) is 20.1. The summed E-state index contributed by atoms with van der Waals surface area (Å²) in [7, 11) is -3.89. The largest absolute Gasteiger partial charge is 0.472 e. The molecule has 244 valence electrons. The van der Waals surface area contributed by atoms with E-state index < -0.39 is 7.82 Å². The normalized spacial score (nSPS) is 13.5. The van der Waals surface area contributed by atoms with E-state index in [0.29, 0.717) is 13.2 Å². The number of phosphoric ester groups is 1. The van der Waals surface area contributed by atoms with Gasteiger partial charge in [-0.1, -0.05) is 154 Å². The molecule has 0 atom stereocenters. The van der Waals surface area contributed by atoms with Crippen molar-refractivity contribution in [3.8, 4) is 0 Å². The molecule has 5 heteroatoms. The van der Waals surface area contributed by atoms with Crippen LogP contribution in [0.1, 0.15) is 194 Å². The number of allylic oxidation sites excluding steroid dienone is 4. The lowest BCUT2D eigenvalue weighted by Crippen LogP contribution is -1.99. The van der Waals surface area contributed by atoms with Crippen molar-refractivity contribution in [3.05, 3.63) is 24.3 Å². The Morgan fingerprint density at radius 3 is 0.951 bits per heavy atom. The van der Waals surface area contributed by atoms with Gasteiger partial charge in [-0.15, -0.1) is 0 Å². The minimum atomic E-state index is -3.89. The summed E-state index contributed by atoms with van der Waals surface area (Å²) in [5.74, 6) is 0. The quantitative estimate of drug-likeness (QED) is 0.0455. The predicted molar refractivity (Wildman–Crippen MR) is 181 cm³/mol. The molecule has 0 aromatic heterocycles. The molecule has 0 spiro atoms. The van der Waals surface area contributed by atoms with Gasteiger partial charge in [0.15, 0.2) is 0 Å². The summed E-state index contributed by atoms with van der Waals surface area (Å²) in [6.07, 6.45) is 44.3. The van der Waals surface area contributed by atoms with Crippen LogP contribution in [-0.4, -0.2) is 18.1 Å². The van der Waals surface area contributed by atoms with Crippen molar-refractivity contribution in [2.24, 2.45) is 0 Å². The van der Waals surface area contributed by atoms with Crippen LogP contribution in [0.3, 0.4) is 0 Å². The molecule has 0 bridgehead atoms. The third-order valence-electron chi connectivity index (χ3n) is 7.82.